The number of carbonyl (C=O) groups is 1. The van der Waals surface area contributed by atoms with E-state index in [0.717, 1.165) is 23.0 Å². The van der Waals surface area contributed by atoms with E-state index in [9.17, 15) is 14.7 Å². The average molecular weight is 388 g/mol. The molecular formula is C20H25N3O3S. The van der Waals surface area contributed by atoms with Crippen LogP contribution in [0.2, 0.25) is 0 Å². The van der Waals surface area contributed by atoms with E-state index in [1.54, 1.807) is 25.4 Å². The molecule has 144 valence electrons. The number of fused-ring (bicyclic) bond motifs is 1. The van der Waals surface area contributed by atoms with Gasteiger partial charge in [0.05, 0.1) is 17.6 Å². The van der Waals surface area contributed by atoms with Crippen LogP contribution in [-0.2, 0) is 24.4 Å². The van der Waals surface area contributed by atoms with Gasteiger partial charge < -0.3 is 10.0 Å². The Morgan fingerprint density at radius 3 is 2.44 bits per heavy atom. The lowest BCUT2D eigenvalue weighted by Crippen LogP contribution is -2.34. The van der Waals surface area contributed by atoms with Gasteiger partial charge in [0, 0.05) is 32.6 Å². The lowest BCUT2D eigenvalue weighted by molar-refractivity contribution is -0.132. The molecule has 7 heteroatoms. The number of aliphatic hydroxyl groups is 1. The van der Waals surface area contributed by atoms with Crippen LogP contribution in [0.5, 0.6) is 0 Å². The zero-order valence-corrected chi connectivity index (χ0v) is 16.3. The fourth-order valence-electron chi connectivity index (χ4n) is 3.31. The molecule has 2 heterocycles. The fraction of sp³-hybridized carbons (Fsp3) is 0.400. The number of aromatic nitrogens is 2. The van der Waals surface area contributed by atoms with E-state index in [1.807, 2.05) is 48.0 Å². The van der Waals surface area contributed by atoms with Crippen molar-refractivity contribution in [2.24, 2.45) is 0 Å². The first-order chi connectivity index (χ1) is 13.2. The van der Waals surface area contributed by atoms with Gasteiger partial charge in [-0.05, 0) is 40.9 Å². The third-order valence-corrected chi connectivity index (χ3v) is 5.33. The third-order valence-electron chi connectivity index (χ3n) is 4.60. The molecule has 1 aromatic carbocycles. The van der Waals surface area contributed by atoms with Crippen LogP contribution >= 0.6 is 11.3 Å². The first-order valence-corrected chi connectivity index (χ1v) is 10.2. The van der Waals surface area contributed by atoms with E-state index in [1.165, 1.54) is 0 Å². The molecule has 0 spiro atoms. The molecule has 0 fully saturated rings. The topological polar surface area (TPSA) is 67.5 Å². The van der Waals surface area contributed by atoms with Crippen molar-refractivity contribution in [2.45, 2.75) is 39.4 Å². The molecule has 27 heavy (non-hydrogen) atoms. The average Bonchev–Trinajstić information content (AvgIpc) is 3.27. The number of benzene rings is 1. The summed E-state index contributed by atoms with van der Waals surface area (Å²) in [6, 6.07) is 9.67. The molecule has 0 aliphatic heterocycles. The van der Waals surface area contributed by atoms with E-state index < -0.39 is 0 Å². The van der Waals surface area contributed by atoms with E-state index in [0.29, 0.717) is 26.2 Å². The quantitative estimate of drug-likeness (QED) is 0.614. The van der Waals surface area contributed by atoms with Gasteiger partial charge in [0.2, 0.25) is 5.91 Å². The molecule has 0 aliphatic rings. The highest BCUT2D eigenvalue weighted by Gasteiger charge is 2.17. The lowest BCUT2D eigenvalue weighted by atomic mass is 10.2. The van der Waals surface area contributed by atoms with Gasteiger partial charge in [0.1, 0.15) is 0 Å². The van der Waals surface area contributed by atoms with E-state index in [-0.39, 0.29) is 24.6 Å². The van der Waals surface area contributed by atoms with Gasteiger partial charge in [0.25, 0.3) is 0 Å². The SMILES string of the molecule is CCCn1c(=O)n(CCC(=O)N(CCO)Cc2ccsc2)c2ccccc21. The highest BCUT2D eigenvalue weighted by Crippen LogP contribution is 2.15. The summed E-state index contributed by atoms with van der Waals surface area (Å²) in [5.41, 5.74) is 2.74. The van der Waals surface area contributed by atoms with Gasteiger partial charge in [-0.15, -0.1) is 0 Å². The predicted octanol–water partition coefficient (Wildman–Crippen LogP) is 2.69. The maximum absolute atomic E-state index is 12.8. The van der Waals surface area contributed by atoms with Crippen LogP contribution in [0, 0.1) is 0 Å². The molecule has 0 unspecified atom stereocenters. The van der Waals surface area contributed by atoms with Crippen LogP contribution in [0.3, 0.4) is 0 Å². The number of amides is 1. The minimum absolute atomic E-state index is 0.0607. The number of carbonyl (C=O) groups excluding carboxylic acids is 1. The molecule has 6 nitrogen and oxygen atoms in total. The summed E-state index contributed by atoms with van der Waals surface area (Å²) in [4.78, 5) is 27.2. The van der Waals surface area contributed by atoms with Gasteiger partial charge in [-0.25, -0.2) is 4.79 Å². The normalized spacial score (nSPS) is 11.2. The fourth-order valence-corrected chi connectivity index (χ4v) is 3.97. The number of nitrogens with zero attached hydrogens (tertiary/aromatic N) is 3. The van der Waals surface area contributed by atoms with E-state index in [2.05, 4.69) is 0 Å². The van der Waals surface area contributed by atoms with Crippen LogP contribution in [0.15, 0.2) is 45.9 Å². The Morgan fingerprint density at radius 1 is 1.15 bits per heavy atom. The Balaban J connectivity index is 1.78. The Morgan fingerprint density at radius 2 is 1.85 bits per heavy atom. The minimum Gasteiger partial charge on any atom is -0.395 e. The molecule has 1 N–H and O–H groups in total. The second kappa shape index (κ2) is 9.01. The summed E-state index contributed by atoms with van der Waals surface area (Å²) in [5, 5.41) is 13.3. The molecule has 0 saturated carbocycles. The van der Waals surface area contributed by atoms with Gasteiger partial charge >= 0.3 is 5.69 Å². The second-order valence-electron chi connectivity index (χ2n) is 6.50. The molecule has 1 amide bonds. The van der Waals surface area contributed by atoms with Crippen molar-refractivity contribution in [3.05, 3.63) is 57.1 Å². The summed E-state index contributed by atoms with van der Waals surface area (Å²) in [7, 11) is 0. The molecular weight excluding hydrogens is 362 g/mol. The zero-order chi connectivity index (χ0) is 19.2. The van der Waals surface area contributed by atoms with Crippen LogP contribution in [0.25, 0.3) is 11.0 Å². The van der Waals surface area contributed by atoms with Crippen molar-refractivity contribution in [3.63, 3.8) is 0 Å². The van der Waals surface area contributed by atoms with Crippen molar-refractivity contribution in [2.75, 3.05) is 13.2 Å². The number of hydrogen-bond acceptors (Lipinski definition) is 4. The van der Waals surface area contributed by atoms with E-state index in [4.69, 9.17) is 0 Å². The molecule has 2 aromatic heterocycles. The minimum atomic E-state index is -0.0777. The predicted molar refractivity (Wildman–Crippen MR) is 108 cm³/mol. The molecule has 0 aliphatic carbocycles. The Kier molecular flexibility index (Phi) is 6.47. The third kappa shape index (κ3) is 4.31. The standard InChI is InChI=1S/C20H25N3O3S/c1-2-9-22-17-5-3-4-6-18(17)23(20(22)26)10-7-19(25)21(11-12-24)14-16-8-13-27-15-16/h3-6,8,13,15,24H,2,7,9-12,14H2,1H3. The Bertz CT molecular complexity index is 943. The summed E-state index contributed by atoms with van der Waals surface area (Å²) in [5.74, 6) is -0.0607. The van der Waals surface area contributed by atoms with Gasteiger partial charge in [-0.2, -0.15) is 11.3 Å². The highest BCUT2D eigenvalue weighted by molar-refractivity contribution is 7.07. The summed E-state index contributed by atoms with van der Waals surface area (Å²) in [6.07, 6.45) is 1.10. The first-order valence-electron chi connectivity index (χ1n) is 9.23. The van der Waals surface area contributed by atoms with Crippen molar-refractivity contribution in [1.82, 2.24) is 14.0 Å². The number of hydrogen-bond donors (Lipinski definition) is 1. The van der Waals surface area contributed by atoms with Crippen LogP contribution < -0.4 is 5.69 Å². The van der Waals surface area contributed by atoms with Gasteiger partial charge in [-0.3, -0.25) is 13.9 Å². The molecule has 0 atom stereocenters. The Hall–Kier alpha value is -2.38. The maximum Gasteiger partial charge on any atom is 0.329 e. The van der Waals surface area contributed by atoms with Crippen molar-refractivity contribution in [1.29, 1.82) is 0 Å². The first kappa shape index (κ1) is 19.4. The van der Waals surface area contributed by atoms with Crippen molar-refractivity contribution in [3.8, 4) is 0 Å². The number of para-hydroxylation sites is 2. The number of thiophene rings is 1. The molecule has 0 radical (unpaired) electrons. The zero-order valence-electron chi connectivity index (χ0n) is 15.5. The maximum atomic E-state index is 12.8. The monoisotopic (exact) mass is 387 g/mol. The Labute approximate surface area is 162 Å². The summed E-state index contributed by atoms with van der Waals surface area (Å²) < 4.78 is 3.46. The van der Waals surface area contributed by atoms with Crippen LogP contribution in [0.1, 0.15) is 25.3 Å². The largest absolute Gasteiger partial charge is 0.395 e. The highest BCUT2D eigenvalue weighted by atomic mass is 32.1. The number of imidazole rings is 1. The molecule has 0 bridgehead atoms. The van der Waals surface area contributed by atoms with Crippen molar-refractivity contribution < 1.29 is 9.90 Å². The van der Waals surface area contributed by atoms with Crippen LogP contribution in [0.4, 0.5) is 0 Å². The lowest BCUT2D eigenvalue weighted by Gasteiger charge is -2.21. The van der Waals surface area contributed by atoms with Gasteiger partial charge in [-0.1, -0.05) is 19.1 Å². The van der Waals surface area contributed by atoms with E-state index >= 15 is 0 Å². The van der Waals surface area contributed by atoms with Gasteiger partial charge in [0.15, 0.2) is 0 Å². The number of aryl methyl sites for hydroxylation is 2. The van der Waals surface area contributed by atoms with Crippen LogP contribution in [-0.4, -0.2) is 38.2 Å². The summed E-state index contributed by atoms with van der Waals surface area (Å²) in [6.45, 7) is 3.73. The molecule has 3 aromatic rings. The number of rotatable bonds is 9. The molecule has 3 rings (SSSR count). The smallest absolute Gasteiger partial charge is 0.329 e. The molecule has 0 saturated heterocycles. The van der Waals surface area contributed by atoms with Crippen molar-refractivity contribution >= 4 is 28.3 Å². The number of aliphatic hydroxyl groups excluding tert-OH is 1. The second-order valence-corrected chi connectivity index (χ2v) is 7.28. The summed E-state index contributed by atoms with van der Waals surface area (Å²) >= 11 is 1.58.